The fraction of sp³-hybridized carbons (Fsp3) is 0.467. The first-order valence-corrected chi connectivity index (χ1v) is 14.3. The molecular weight excluding hydrogens is 517 g/mol. The molecule has 9 heteroatoms. The van der Waals surface area contributed by atoms with Gasteiger partial charge in [-0.05, 0) is 69.1 Å². The van der Waals surface area contributed by atoms with E-state index in [-0.39, 0.29) is 23.7 Å². The predicted molar refractivity (Wildman–Crippen MR) is 153 cm³/mol. The van der Waals surface area contributed by atoms with E-state index in [9.17, 15) is 9.18 Å². The number of hydrogen-bond donors (Lipinski definition) is 2. The molecule has 39 heavy (non-hydrogen) atoms. The van der Waals surface area contributed by atoms with Crippen LogP contribution in [-0.2, 0) is 11.2 Å². The molecule has 2 unspecified atom stereocenters. The number of hydrogen-bond acceptors (Lipinski definition) is 6. The van der Waals surface area contributed by atoms with Gasteiger partial charge in [-0.25, -0.2) is 9.37 Å². The lowest BCUT2D eigenvalue weighted by atomic mass is 9.97. The summed E-state index contributed by atoms with van der Waals surface area (Å²) in [7, 11) is 0. The van der Waals surface area contributed by atoms with Gasteiger partial charge in [-0.3, -0.25) is 9.69 Å². The van der Waals surface area contributed by atoms with Gasteiger partial charge in [-0.15, -0.1) is 0 Å². The van der Waals surface area contributed by atoms with Crippen molar-refractivity contribution in [1.82, 2.24) is 20.5 Å². The molecule has 2 N–H and O–H groups in total. The molecule has 2 fully saturated rings. The maximum absolute atomic E-state index is 14.2. The summed E-state index contributed by atoms with van der Waals surface area (Å²) in [5.74, 6) is 1.25. The van der Waals surface area contributed by atoms with Crippen LogP contribution >= 0.6 is 11.6 Å². The Kier molecular flexibility index (Phi) is 9.17. The minimum Gasteiger partial charge on any atom is -0.441 e. The van der Waals surface area contributed by atoms with Gasteiger partial charge in [0.05, 0.1) is 17.3 Å². The molecule has 2 aliphatic rings. The molecule has 0 saturated carbocycles. The summed E-state index contributed by atoms with van der Waals surface area (Å²) in [6, 6.07) is 14.3. The Morgan fingerprint density at radius 3 is 2.67 bits per heavy atom. The second-order valence-electron chi connectivity index (χ2n) is 10.6. The summed E-state index contributed by atoms with van der Waals surface area (Å²) in [5.41, 5.74) is 2.40. The van der Waals surface area contributed by atoms with Gasteiger partial charge < -0.3 is 20.0 Å². The maximum atomic E-state index is 14.2. The normalized spacial score (nSPS) is 19.2. The first-order chi connectivity index (χ1) is 19.0. The molecule has 3 aromatic rings. The molecule has 0 spiro atoms. The summed E-state index contributed by atoms with van der Waals surface area (Å²) in [6.07, 6.45) is 3.33. The third-order valence-electron chi connectivity index (χ3n) is 7.80. The van der Waals surface area contributed by atoms with E-state index in [1.807, 2.05) is 43.3 Å². The average molecular weight is 554 g/mol. The Balaban J connectivity index is 1.23. The summed E-state index contributed by atoms with van der Waals surface area (Å²) < 4.78 is 20.2. The van der Waals surface area contributed by atoms with Crippen molar-refractivity contribution in [3.05, 3.63) is 70.8 Å². The first kappa shape index (κ1) is 27.6. The van der Waals surface area contributed by atoms with E-state index in [1.165, 1.54) is 6.07 Å². The summed E-state index contributed by atoms with van der Waals surface area (Å²) in [5, 5.41) is 7.34. The number of piperidine rings is 1. The van der Waals surface area contributed by atoms with Crippen LogP contribution in [0.1, 0.15) is 30.7 Å². The van der Waals surface area contributed by atoms with Crippen LogP contribution in [0.15, 0.2) is 52.9 Å². The van der Waals surface area contributed by atoms with Gasteiger partial charge in [0.25, 0.3) is 0 Å². The van der Waals surface area contributed by atoms with Gasteiger partial charge in [0, 0.05) is 62.3 Å². The molecule has 0 bridgehead atoms. The highest BCUT2D eigenvalue weighted by Gasteiger charge is 2.26. The number of rotatable bonds is 9. The van der Waals surface area contributed by atoms with Crippen molar-refractivity contribution in [2.75, 3.05) is 50.7 Å². The maximum Gasteiger partial charge on any atom is 0.226 e. The van der Waals surface area contributed by atoms with Gasteiger partial charge in [-0.2, -0.15) is 0 Å². The number of amides is 1. The molecule has 2 saturated heterocycles. The molecule has 2 aliphatic heterocycles. The van der Waals surface area contributed by atoms with Crippen LogP contribution in [0.2, 0.25) is 5.02 Å². The SMILES string of the molecule is Cc1oc(-c2ccc(Cl)cc2)nc1CC(CCN1CCN(c2ccccc2F)CC1)NC(=O)C1CCCNC1. The van der Waals surface area contributed by atoms with Crippen LogP contribution in [0.3, 0.4) is 0 Å². The molecule has 0 aliphatic carbocycles. The Labute approximate surface area is 234 Å². The molecule has 5 rings (SSSR count). The summed E-state index contributed by atoms with van der Waals surface area (Å²) in [6.45, 7) is 7.72. The fourth-order valence-corrected chi connectivity index (χ4v) is 5.57. The number of carbonyl (C=O) groups excluding carboxylic acids is 1. The van der Waals surface area contributed by atoms with Crippen LogP contribution in [0.25, 0.3) is 11.5 Å². The summed E-state index contributed by atoms with van der Waals surface area (Å²) in [4.78, 5) is 22.5. The number of anilines is 1. The number of aryl methyl sites for hydroxylation is 1. The lowest BCUT2D eigenvalue weighted by molar-refractivity contribution is -0.126. The molecule has 7 nitrogen and oxygen atoms in total. The highest BCUT2D eigenvalue weighted by atomic mass is 35.5. The van der Waals surface area contributed by atoms with Crippen molar-refractivity contribution < 1.29 is 13.6 Å². The average Bonchev–Trinajstić information content (AvgIpc) is 3.33. The smallest absolute Gasteiger partial charge is 0.226 e. The van der Waals surface area contributed by atoms with E-state index in [0.717, 1.165) is 82.1 Å². The number of nitrogens with one attached hydrogen (secondary N) is 2. The van der Waals surface area contributed by atoms with Crippen LogP contribution in [0, 0.1) is 18.7 Å². The van der Waals surface area contributed by atoms with Crippen molar-refractivity contribution in [3.8, 4) is 11.5 Å². The molecule has 1 amide bonds. The van der Waals surface area contributed by atoms with Gasteiger partial charge >= 0.3 is 0 Å². The number of carbonyl (C=O) groups is 1. The van der Waals surface area contributed by atoms with Crippen molar-refractivity contribution in [2.24, 2.45) is 5.92 Å². The molecule has 2 atom stereocenters. The Morgan fingerprint density at radius 2 is 1.95 bits per heavy atom. The Bertz CT molecular complexity index is 1240. The molecule has 1 aromatic heterocycles. The third kappa shape index (κ3) is 7.18. The Hall–Kier alpha value is -2.94. The Morgan fingerprint density at radius 1 is 1.18 bits per heavy atom. The number of para-hydroxylation sites is 1. The minimum absolute atomic E-state index is 0.00593. The fourth-order valence-electron chi connectivity index (χ4n) is 5.45. The standard InChI is InChI=1S/C30H37ClFN5O2/c1-21-27(35-30(39-21)22-8-10-24(31)11-9-22)19-25(34-29(38)23-5-4-13-33-20-23)12-14-36-15-17-37(18-16-36)28-7-3-2-6-26(28)32/h2-3,6-11,23,25,33H,4-5,12-20H2,1H3,(H,34,38). The second kappa shape index (κ2) is 12.9. The van der Waals surface area contributed by atoms with E-state index in [0.29, 0.717) is 23.0 Å². The zero-order valence-corrected chi connectivity index (χ0v) is 23.2. The monoisotopic (exact) mass is 553 g/mol. The molecule has 0 radical (unpaired) electrons. The highest BCUT2D eigenvalue weighted by molar-refractivity contribution is 6.30. The minimum atomic E-state index is -0.174. The summed E-state index contributed by atoms with van der Waals surface area (Å²) >= 11 is 6.04. The van der Waals surface area contributed by atoms with E-state index in [4.69, 9.17) is 21.0 Å². The first-order valence-electron chi connectivity index (χ1n) is 13.9. The van der Waals surface area contributed by atoms with Crippen LogP contribution in [0.4, 0.5) is 10.1 Å². The lowest BCUT2D eigenvalue weighted by Gasteiger charge is -2.37. The molecule has 3 heterocycles. The van der Waals surface area contributed by atoms with Gasteiger partial charge in [0.2, 0.25) is 11.8 Å². The number of piperazine rings is 1. The molecule has 2 aromatic carbocycles. The van der Waals surface area contributed by atoms with Crippen LogP contribution in [0.5, 0.6) is 0 Å². The van der Waals surface area contributed by atoms with Crippen molar-refractivity contribution in [3.63, 3.8) is 0 Å². The van der Waals surface area contributed by atoms with Crippen LogP contribution < -0.4 is 15.5 Å². The molecular formula is C30H37ClFN5O2. The third-order valence-corrected chi connectivity index (χ3v) is 8.05. The number of oxazole rings is 1. The van der Waals surface area contributed by atoms with Gasteiger partial charge in [-0.1, -0.05) is 23.7 Å². The number of benzene rings is 2. The van der Waals surface area contributed by atoms with Crippen LogP contribution in [-0.4, -0.2) is 67.6 Å². The largest absolute Gasteiger partial charge is 0.441 e. The predicted octanol–water partition coefficient (Wildman–Crippen LogP) is 4.68. The lowest BCUT2D eigenvalue weighted by Crippen LogP contribution is -2.49. The highest BCUT2D eigenvalue weighted by Crippen LogP contribution is 2.25. The van der Waals surface area contributed by atoms with E-state index >= 15 is 0 Å². The molecule has 208 valence electrons. The topological polar surface area (TPSA) is 73.6 Å². The van der Waals surface area contributed by atoms with E-state index < -0.39 is 0 Å². The van der Waals surface area contributed by atoms with E-state index in [2.05, 4.69) is 20.4 Å². The van der Waals surface area contributed by atoms with Crippen molar-refractivity contribution in [2.45, 2.75) is 38.6 Å². The van der Waals surface area contributed by atoms with E-state index in [1.54, 1.807) is 6.07 Å². The zero-order valence-electron chi connectivity index (χ0n) is 22.5. The number of nitrogens with zero attached hydrogens (tertiary/aromatic N) is 3. The van der Waals surface area contributed by atoms with Gasteiger partial charge in [0.1, 0.15) is 11.6 Å². The zero-order chi connectivity index (χ0) is 27.2. The van der Waals surface area contributed by atoms with Crippen molar-refractivity contribution >= 4 is 23.2 Å². The van der Waals surface area contributed by atoms with Gasteiger partial charge in [0.15, 0.2) is 0 Å². The quantitative estimate of drug-likeness (QED) is 0.401. The number of aromatic nitrogens is 1. The number of halogens is 2. The van der Waals surface area contributed by atoms with Crippen molar-refractivity contribution in [1.29, 1.82) is 0 Å². The second-order valence-corrected chi connectivity index (χ2v) is 11.0.